The van der Waals surface area contributed by atoms with Gasteiger partial charge in [-0.15, -0.1) is 0 Å². The van der Waals surface area contributed by atoms with Crippen LogP contribution < -0.4 is 0 Å². The number of fused-ring (bicyclic) bond motifs is 2. The SMILES string of the molecule is CCCC(C)(CC)N1C(=O)c2ccc(C(c3ccc4c(c3)C(=O)N(C(C)(C)CC)C4=O)(C(F)(F)F)C(F)(F)F)cc2C1=O. The van der Waals surface area contributed by atoms with E-state index in [9.17, 15) is 45.5 Å². The van der Waals surface area contributed by atoms with E-state index in [1.165, 1.54) is 0 Å². The van der Waals surface area contributed by atoms with Gasteiger partial charge in [0.15, 0.2) is 0 Å². The van der Waals surface area contributed by atoms with Crippen LogP contribution in [0.15, 0.2) is 36.4 Å². The molecule has 0 aromatic heterocycles. The highest BCUT2D eigenvalue weighted by molar-refractivity contribution is 6.22. The standard InChI is InChI=1S/C31H32F6N2O4/c1-7-14-28(6,9-3)39-24(41)20-13-11-18(16-22(20)26(39)43)29(30(32,33)34,31(35,36)37)17-10-12-19-21(15-17)25(42)38(23(19)40)27(4,5)8-2/h10-13,15-16H,7-9,14H2,1-6H3. The number of alkyl halides is 6. The maximum atomic E-state index is 15.0. The molecule has 12 heteroatoms. The van der Waals surface area contributed by atoms with Crippen molar-refractivity contribution in [2.75, 3.05) is 0 Å². The van der Waals surface area contributed by atoms with Crippen molar-refractivity contribution in [1.82, 2.24) is 9.80 Å². The summed E-state index contributed by atoms with van der Waals surface area (Å²) in [7, 11) is 0. The Morgan fingerprint density at radius 2 is 0.977 bits per heavy atom. The minimum absolute atomic E-state index is 0.286. The molecule has 0 bridgehead atoms. The predicted molar refractivity (Wildman–Crippen MR) is 145 cm³/mol. The molecule has 0 saturated carbocycles. The Kier molecular flexibility index (Phi) is 7.64. The molecule has 2 aromatic rings. The number of carbonyl (C=O) groups excluding carboxylic acids is 4. The van der Waals surface area contributed by atoms with E-state index < -0.39 is 74.7 Å². The van der Waals surface area contributed by atoms with Gasteiger partial charge in [0.2, 0.25) is 5.41 Å². The quantitative estimate of drug-likeness (QED) is 0.230. The third-order valence-electron chi connectivity index (χ3n) is 9.05. The first-order chi connectivity index (χ1) is 19.7. The highest BCUT2D eigenvalue weighted by Crippen LogP contribution is 2.57. The van der Waals surface area contributed by atoms with Crippen LogP contribution in [0.25, 0.3) is 0 Å². The van der Waals surface area contributed by atoms with Crippen LogP contribution in [-0.4, -0.2) is 56.9 Å². The van der Waals surface area contributed by atoms with Gasteiger partial charge < -0.3 is 0 Å². The number of carbonyl (C=O) groups is 4. The first-order valence-corrected chi connectivity index (χ1v) is 14.0. The molecule has 2 aliphatic heterocycles. The van der Waals surface area contributed by atoms with E-state index in [-0.39, 0.29) is 17.5 Å². The van der Waals surface area contributed by atoms with Crippen molar-refractivity contribution >= 4 is 23.6 Å². The molecule has 0 fully saturated rings. The minimum Gasteiger partial charge on any atom is -0.269 e. The lowest BCUT2D eigenvalue weighted by Crippen LogP contribution is -2.55. The molecule has 4 amide bonds. The van der Waals surface area contributed by atoms with Gasteiger partial charge in [0.1, 0.15) is 0 Å². The van der Waals surface area contributed by atoms with Crippen molar-refractivity contribution in [3.63, 3.8) is 0 Å². The van der Waals surface area contributed by atoms with Crippen molar-refractivity contribution < 1.29 is 45.5 Å². The van der Waals surface area contributed by atoms with E-state index in [1.807, 2.05) is 6.92 Å². The molecule has 1 atom stereocenters. The van der Waals surface area contributed by atoms with Gasteiger partial charge in [-0.3, -0.25) is 29.0 Å². The van der Waals surface area contributed by atoms with Crippen LogP contribution in [0.4, 0.5) is 26.3 Å². The smallest absolute Gasteiger partial charge is 0.269 e. The fraction of sp³-hybridized carbons (Fsp3) is 0.484. The van der Waals surface area contributed by atoms with Crippen LogP contribution in [-0.2, 0) is 5.41 Å². The fourth-order valence-electron chi connectivity index (χ4n) is 6.11. The van der Waals surface area contributed by atoms with Crippen molar-refractivity contribution in [2.24, 2.45) is 0 Å². The van der Waals surface area contributed by atoms with Gasteiger partial charge in [-0.2, -0.15) is 26.3 Å². The largest absolute Gasteiger partial charge is 0.411 e. The zero-order valence-electron chi connectivity index (χ0n) is 24.6. The van der Waals surface area contributed by atoms with Gasteiger partial charge >= 0.3 is 12.4 Å². The van der Waals surface area contributed by atoms with E-state index in [4.69, 9.17) is 0 Å². The Balaban J connectivity index is 1.97. The summed E-state index contributed by atoms with van der Waals surface area (Å²) >= 11 is 0. The maximum Gasteiger partial charge on any atom is 0.411 e. The molecule has 0 N–H and O–H groups in total. The average molecular weight is 611 g/mol. The molecule has 2 heterocycles. The Morgan fingerprint density at radius 1 is 0.581 bits per heavy atom. The van der Waals surface area contributed by atoms with Crippen LogP contribution in [0.2, 0.25) is 0 Å². The molecule has 0 aliphatic carbocycles. The van der Waals surface area contributed by atoms with Crippen LogP contribution in [0.1, 0.15) is 120 Å². The van der Waals surface area contributed by atoms with Crippen molar-refractivity contribution in [3.8, 4) is 0 Å². The summed E-state index contributed by atoms with van der Waals surface area (Å²) in [5, 5.41) is 0. The van der Waals surface area contributed by atoms with Gasteiger partial charge in [0.05, 0.1) is 22.3 Å². The van der Waals surface area contributed by atoms with Crippen LogP contribution >= 0.6 is 0 Å². The second-order valence-corrected chi connectivity index (χ2v) is 11.9. The number of imide groups is 2. The van der Waals surface area contributed by atoms with E-state index >= 15 is 0 Å². The Hall–Kier alpha value is -3.70. The monoisotopic (exact) mass is 610 g/mol. The van der Waals surface area contributed by atoms with E-state index in [1.54, 1.807) is 34.6 Å². The van der Waals surface area contributed by atoms with Gasteiger partial charge in [-0.1, -0.05) is 39.3 Å². The number of amides is 4. The third kappa shape index (κ3) is 4.47. The summed E-state index contributed by atoms with van der Waals surface area (Å²) < 4.78 is 89.9. The summed E-state index contributed by atoms with van der Waals surface area (Å²) in [4.78, 5) is 54.7. The van der Waals surface area contributed by atoms with Crippen molar-refractivity contribution in [3.05, 3.63) is 69.8 Å². The molecule has 43 heavy (non-hydrogen) atoms. The Morgan fingerprint density at radius 3 is 1.35 bits per heavy atom. The molecule has 2 aromatic carbocycles. The number of rotatable bonds is 8. The number of hydrogen-bond acceptors (Lipinski definition) is 4. The molecule has 2 aliphatic rings. The molecular weight excluding hydrogens is 578 g/mol. The maximum absolute atomic E-state index is 15.0. The molecule has 0 saturated heterocycles. The molecular formula is C31H32F6N2O4. The minimum atomic E-state index is -6.02. The lowest BCUT2D eigenvalue weighted by atomic mass is 9.71. The second-order valence-electron chi connectivity index (χ2n) is 11.9. The first-order valence-electron chi connectivity index (χ1n) is 14.0. The first kappa shape index (κ1) is 32.2. The van der Waals surface area contributed by atoms with Gasteiger partial charge in [-0.05, 0) is 75.4 Å². The molecule has 232 valence electrons. The lowest BCUT2D eigenvalue weighted by molar-refractivity contribution is -0.288. The normalized spacial score (nSPS) is 17.5. The molecule has 0 spiro atoms. The lowest BCUT2D eigenvalue weighted by Gasteiger charge is -2.38. The van der Waals surface area contributed by atoms with Crippen molar-refractivity contribution in [2.45, 2.75) is 96.1 Å². The van der Waals surface area contributed by atoms with Gasteiger partial charge in [0.25, 0.3) is 23.6 Å². The Labute approximate surface area is 245 Å². The van der Waals surface area contributed by atoms with Crippen molar-refractivity contribution in [1.29, 1.82) is 0 Å². The van der Waals surface area contributed by atoms with Crippen LogP contribution in [0.3, 0.4) is 0 Å². The summed E-state index contributed by atoms with van der Waals surface area (Å²) in [6.45, 7) is 9.98. The van der Waals surface area contributed by atoms with Gasteiger partial charge in [0, 0.05) is 11.1 Å². The third-order valence-corrected chi connectivity index (χ3v) is 9.05. The van der Waals surface area contributed by atoms with Crippen LogP contribution in [0, 0.1) is 0 Å². The van der Waals surface area contributed by atoms with Crippen LogP contribution in [0.5, 0.6) is 0 Å². The number of halogens is 6. The molecule has 0 radical (unpaired) electrons. The average Bonchev–Trinajstić information content (AvgIpc) is 3.31. The highest BCUT2D eigenvalue weighted by atomic mass is 19.4. The summed E-state index contributed by atoms with van der Waals surface area (Å²) in [6, 6.07) is 3.63. The zero-order chi connectivity index (χ0) is 32.5. The molecule has 6 nitrogen and oxygen atoms in total. The number of nitrogens with zero attached hydrogens (tertiary/aromatic N) is 2. The molecule has 4 rings (SSSR count). The number of hydrogen-bond donors (Lipinski definition) is 0. The molecule has 1 unspecified atom stereocenters. The topological polar surface area (TPSA) is 74.8 Å². The second kappa shape index (κ2) is 10.2. The zero-order valence-corrected chi connectivity index (χ0v) is 24.6. The Bertz CT molecular complexity index is 1510. The summed E-state index contributed by atoms with van der Waals surface area (Å²) in [5.74, 6) is -3.61. The van der Waals surface area contributed by atoms with E-state index in [2.05, 4.69) is 0 Å². The predicted octanol–water partition coefficient (Wildman–Crippen LogP) is 7.45. The summed E-state index contributed by atoms with van der Waals surface area (Å²) in [6.07, 6.45) is -10.5. The highest BCUT2D eigenvalue weighted by Gasteiger charge is 2.73. The van der Waals surface area contributed by atoms with E-state index in [0.717, 1.165) is 21.9 Å². The number of benzene rings is 2. The fourth-order valence-corrected chi connectivity index (χ4v) is 6.11. The van der Waals surface area contributed by atoms with Gasteiger partial charge in [-0.25, -0.2) is 0 Å². The van der Waals surface area contributed by atoms with E-state index in [0.29, 0.717) is 43.5 Å². The summed E-state index contributed by atoms with van der Waals surface area (Å²) in [5.41, 5.74) is -11.2.